The monoisotopic (exact) mass is 307 g/mol. The molecule has 0 fully saturated rings. The van der Waals surface area contributed by atoms with Gasteiger partial charge in [0.1, 0.15) is 0 Å². The van der Waals surface area contributed by atoms with E-state index in [2.05, 4.69) is 53.1 Å². The van der Waals surface area contributed by atoms with Crippen molar-refractivity contribution in [2.45, 2.75) is 18.2 Å². The Bertz CT molecular complexity index is 758. The minimum atomic E-state index is 0.600. The lowest BCUT2D eigenvalue weighted by molar-refractivity contribution is 1.15. The van der Waals surface area contributed by atoms with Gasteiger partial charge in [-0.1, -0.05) is 35.9 Å². The summed E-state index contributed by atoms with van der Waals surface area (Å²) in [6.45, 7) is 2.09. The summed E-state index contributed by atoms with van der Waals surface area (Å²) in [6.07, 6.45) is 11.1. The Hall–Kier alpha value is -2.33. The molecule has 110 valence electrons. The number of hydrogen-bond donors (Lipinski definition) is 2. The van der Waals surface area contributed by atoms with Crippen molar-refractivity contribution in [3.8, 4) is 11.3 Å². The molecule has 1 aliphatic rings. The molecule has 0 bridgehead atoms. The molecule has 3 rings (SSSR count). The smallest absolute Gasteiger partial charge is 0.227 e. The molecule has 1 heterocycles. The van der Waals surface area contributed by atoms with Crippen molar-refractivity contribution in [3.63, 3.8) is 0 Å². The Kier molecular flexibility index (Phi) is 4.39. The molecule has 22 heavy (non-hydrogen) atoms. The predicted octanol–water partition coefficient (Wildman–Crippen LogP) is 4.63. The van der Waals surface area contributed by atoms with E-state index in [9.17, 15) is 0 Å². The minimum Gasteiger partial charge on any atom is -0.324 e. The lowest BCUT2D eigenvalue weighted by Crippen LogP contribution is -2.02. The Morgan fingerprint density at radius 3 is 2.68 bits per heavy atom. The molecule has 0 atom stereocenters. The van der Waals surface area contributed by atoms with Crippen LogP contribution < -0.4 is 5.32 Å². The van der Waals surface area contributed by atoms with Crippen molar-refractivity contribution in [1.82, 2.24) is 9.97 Å². The highest BCUT2D eigenvalue weighted by atomic mass is 32.1. The largest absolute Gasteiger partial charge is 0.324 e. The quantitative estimate of drug-likeness (QED) is 0.812. The summed E-state index contributed by atoms with van der Waals surface area (Å²) in [5, 5.41) is 3.27. The number of aromatic nitrogens is 2. The Labute approximate surface area is 135 Å². The average molecular weight is 307 g/mol. The van der Waals surface area contributed by atoms with Gasteiger partial charge in [0.15, 0.2) is 0 Å². The molecule has 4 heteroatoms. The number of thiol groups is 1. The average Bonchev–Trinajstić information content (AvgIpc) is 2.73. The van der Waals surface area contributed by atoms with Gasteiger partial charge in [-0.25, -0.2) is 9.97 Å². The molecule has 0 aliphatic heterocycles. The van der Waals surface area contributed by atoms with Gasteiger partial charge >= 0.3 is 0 Å². The molecule has 0 unspecified atom stereocenters. The molecule has 0 radical (unpaired) electrons. The molecule has 1 aromatic heterocycles. The van der Waals surface area contributed by atoms with Gasteiger partial charge in [-0.3, -0.25) is 0 Å². The standard InChI is InChI=1S/C18H17N3S/c1-13-3-2-4-15(8-5-13)20-18-19-12-11-17(21-18)14-6-9-16(22)10-7-14/h3-12,22H,2H2,1H3,(H,19,20,21). The molecule has 0 saturated carbocycles. The normalized spacial score (nSPS) is 14.1. The third-order valence-electron chi connectivity index (χ3n) is 3.38. The maximum absolute atomic E-state index is 4.58. The van der Waals surface area contributed by atoms with Crippen LogP contribution in [0.2, 0.25) is 0 Å². The number of nitrogens with one attached hydrogen (secondary N) is 1. The Morgan fingerprint density at radius 2 is 1.86 bits per heavy atom. The fourth-order valence-corrected chi connectivity index (χ4v) is 2.31. The maximum atomic E-state index is 4.58. The van der Waals surface area contributed by atoms with Crippen LogP contribution in [0.1, 0.15) is 13.3 Å². The van der Waals surface area contributed by atoms with Crippen molar-refractivity contribution in [3.05, 3.63) is 72.1 Å². The SMILES string of the molecule is CC1=CCC=C(Nc2nccc(-c3ccc(S)cc3)n2)C=C1. The van der Waals surface area contributed by atoms with Gasteiger partial charge < -0.3 is 5.32 Å². The van der Waals surface area contributed by atoms with E-state index >= 15 is 0 Å². The van der Waals surface area contributed by atoms with E-state index in [4.69, 9.17) is 0 Å². The second-order valence-electron chi connectivity index (χ2n) is 5.11. The summed E-state index contributed by atoms with van der Waals surface area (Å²) in [5.74, 6) is 0.600. The summed E-state index contributed by atoms with van der Waals surface area (Å²) in [4.78, 5) is 9.81. The van der Waals surface area contributed by atoms with Crippen LogP contribution in [0.5, 0.6) is 0 Å². The van der Waals surface area contributed by atoms with Crippen molar-refractivity contribution in [2.75, 3.05) is 5.32 Å². The fraction of sp³-hybridized carbons (Fsp3) is 0.111. The van der Waals surface area contributed by atoms with Crippen molar-refractivity contribution in [1.29, 1.82) is 0 Å². The van der Waals surface area contributed by atoms with Crippen LogP contribution in [0.3, 0.4) is 0 Å². The van der Waals surface area contributed by atoms with E-state index in [0.717, 1.165) is 28.3 Å². The number of hydrogen-bond acceptors (Lipinski definition) is 4. The lowest BCUT2D eigenvalue weighted by atomic mass is 10.1. The molecule has 1 N–H and O–H groups in total. The molecule has 0 saturated heterocycles. The summed E-state index contributed by atoms with van der Waals surface area (Å²) in [6, 6.07) is 9.83. The van der Waals surface area contributed by atoms with Crippen molar-refractivity contribution < 1.29 is 0 Å². The number of benzene rings is 1. The minimum absolute atomic E-state index is 0.600. The maximum Gasteiger partial charge on any atom is 0.227 e. The first-order chi connectivity index (χ1) is 10.7. The first-order valence-electron chi connectivity index (χ1n) is 7.15. The van der Waals surface area contributed by atoms with Gasteiger partial charge in [-0.15, -0.1) is 12.6 Å². The number of anilines is 1. The van der Waals surface area contributed by atoms with Crippen molar-refractivity contribution in [2.24, 2.45) is 0 Å². The van der Waals surface area contributed by atoms with Crippen molar-refractivity contribution >= 4 is 18.6 Å². The zero-order chi connectivity index (χ0) is 15.4. The van der Waals surface area contributed by atoms with E-state index in [1.165, 1.54) is 5.57 Å². The third kappa shape index (κ3) is 3.65. The van der Waals surface area contributed by atoms with Crippen LogP contribution in [0.25, 0.3) is 11.3 Å². The summed E-state index contributed by atoms with van der Waals surface area (Å²) in [5.41, 5.74) is 4.20. The summed E-state index contributed by atoms with van der Waals surface area (Å²) in [7, 11) is 0. The van der Waals surface area contributed by atoms with Gasteiger partial charge in [0.05, 0.1) is 5.69 Å². The van der Waals surface area contributed by atoms with Gasteiger partial charge in [-0.05, 0) is 37.6 Å². The van der Waals surface area contributed by atoms with Gasteiger partial charge in [0, 0.05) is 22.4 Å². The Morgan fingerprint density at radius 1 is 1.05 bits per heavy atom. The molecule has 1 aromatic carbocycles. The molecule has 0 amide bonds. The summed E-state index contributed by atoms with van der Waals surface area (Å²) >= 11 is 4.30. The van der Waals surface area contributed by atoms with Crippen LogP contribution in [0.4, 0.5) is 5.95 Å². The second kappa shape index (κ2) is 6.62. The van der Waals surface area contributed by atoms with E-state index < -0.39 is 0 Å². The first-order valence-corrected chi connectivity index (χ1v) is 7.60. The highest BCUT2D eigenvalue weighted by molar-refractivity contribution is 7.80. The predicted molar refractivity (Wildman–Crippen MR) is 93.9 cm³/mol. The van der Waals surface area contributed by atoms with Crippen LogP contribution in [-0.2, 0) is 0 Å². The molecule has 1 aliphatic carbocycles. The second-order valence-corrected chi connectivity index (χ2v) is 5.63. The zero-order valence-corrected chi connectivity index (χ0v) is 13.2. The zero-order valence-electron chi connectivity index (χ0n) is 12.3. The molecule has 0 spiro atoms. The van der Waals surface area contributed by atoms with Crippen LogP contribution in [0.15, 0.2) is 77.0 Å². The molecular formula is C18H17N3S. The topological polar surface area (TPSA) is 37.8 Å². The first kappa shape index (κ1) is 14.6. The molecule has 3 nitrogen and oxygen atoms in total. The number of allylic oxidation sites excluding steroid dienone is 5. The van der Waals surface area contributed by atoms with E-state index in [0.29, 0.717) is 5.95 Å². The summed E-state index contributed by atoms with van der Waals surface area (Å²) < 4.78 is 0. The van der Waals surface area contributed by atoms with E-state index in [-0.39, 0.29) is 0 Å². The van der Waals surface area contributed by atoms with Gasteiger partial charge in [0.2, 0.25) is 5.95 Å². The van der Waals surface area contributed by atoms with Gasteiger partial charge in [-0.2, -0.15) is 0 Å². The third-order valence-corrected chi connectivity index (χ3v) is 3.68. The number of nitrogens with zero attached hydrogens (tertiary/aromatic N) is 2. The lowest BCUT2D eigenvalue weighted by Gasteiger charge is -2.07. The number of rotatable bonds is 3. The fourth-order valence-electron chi connectivity index (χ4n) is 2.16. The highest BCUT2D eigenvalue weighted by Gasteiger charge is 2.04. The highest BCUT2D eigenvalue weighted by Crippen LogP contribution is 2.20. The van der Waals surface area contributed by atoms with Crippen LogP contribution in [-0.4, -0.2) is 9.97 Å². The van der Waals surface area contributed by atoms with E-state index in [1.807, 2.05) is 36.4 Å². The van der Waals surface area contributed by atoms with E-state index in [1.54, 1.807) is 6.20 Å². The molecule has 2 aromatic rings. The van der Waals surface area contributed by atoms with Crippen LogP contribution in [0, 0.1) is 0 Å². The van der Waals surface area contributed by atoms with Gasteiger partial charge in [0.25, 0.3) is 0 Å². The Balaban J connectivity index is 1.81. The van der Waals surface area contributed by atoms with Crippen LogP contribution >= 0.6 is 12.6 Å². The molecular weight excluding hydrogens is 290 g/mol.